The van der Waals surface area contributed by atoms with E-state index < -0.39 is 0 Å². The van der Waals surface area contributed by atoms with Crippen molar-refractivity contribution in [2.75, 3.05) is 0 Å². The molecule has 0 bridgehead atoms. The lowest BCUT2D eigenvalue weighted by molar-refractivity contribution is 0.899. The molecule has 102 valence electrons. The first kappa shape index (κ1) is 12.9. The van der Waals surface area contributed by atoms with E-state index in [1.165, 1.54) is 5.56 Å². The summed E-state index contributed by atoms with van der Waals surface area (Å²) in [7, 11) is 0. The number of nitrogens with zero attached hydrogens (tertiary/aromatic N) is 3. The summed E-state index contributed by atoms with van der Waals surface area (Å²) in [5.41, 5.74) is 5.42. The number of benzene rings is 1. The summed E-state index contributed by atoms with van der Waals surface area (Å²) in [6.07, 6.45) is 1.95. The second kappa shape index (κ2) is 5.08. The summed E-state index contributed by atoms with van der Waals surface area (Å²) in [6, 6.07) is 12.7. The molecule has 0 saturated carbocycles. The van der Waals surface area contributed by atoms with Crippen LogP contribution in [0.1, 0.15) is 30.9 Å². The average molecular weight is 265 g/mol. The van der Waals surface area contributed by atoms with E-state index in [-0.39, 0.29) is 0 Å². The lowest BCUT2D eigenvalue weighted by Crippen LogP contribution is -2.01. The Kier molecular flexibility index (Phi) is 3.26. The number of imidazole rings is 1. The maximum absolute atomic E-state index is 4.69. The van der Waals surface area contributed by atoms with Crippen LogP contribution in [0, 0.1) is 6.92 Å². The van der Waals surface area contributed by atoms with Crippen molar-refractivity contribution >= 4 is 11.2 Å². The number of hydrogen-bond donors (Lipinski definition) is 0. The van der Waals surface area contributed by atoms with Crippen molar-refractivity contribution in [1.29, 1.82) is 0 Å². The second-order valence-corrected chi connectivity index (χ2v) is 5.03. The lowest BCUT2D eigenvalue weighted by Gasteiger charge is -2.08. The molecule has 3 nitrogen and oxygen atoms in total. The minimum absolute atomic E-state index is 0.894. The van der Waals surface area contributed by atoms with E-state index >= 15 is 0 Å². The maximum Gasteiger partial charge on any atom is 0.164 e. The Labute approximate surface area is 119 Å². The van der Waals surface area contributed by atoms with E-state index in [2.05, 4.69) is 47.7 Å². The molecule has 0 spiro atoms. The van der Waals surface area contributed by atoms with Crippen LogP contribution in [0.3, 0.4) is 0 Å². The van der Waals surface area contributed by atoms with Crippen molar-refractivity contribution in [1.82, 2.24) is 14.5 Å². The van der Waals surface area contributed by atoms with E-state index in [0.717, 1.165) is 41.2 Å². The molecule has 3 heteroatoms. The van der Waals surface area contributed by atoms with Gasteiger partial charge < -0.3 is 0 Å². The zero-order valence-electron chi connectivity index (χ0n) is 12.2. The number of pyridine rings is 1. The van der Waals surface area contributed by atoms with Crippen LogP contribution in [0.5, 0.6) is 0 Å². The van der Waals surface area contributed by atoms with Gasteiger partial charge in [-0.3, -0.25) is 4.57 Å². The topological polar surface area (TPSA) is 30.7 Å². The van der Waals surface area contributed by atoms with Gasteiger partial charge in [0.1, 0.15) is 11.3 Å². The Hall–Kier alpha value is -2.16. The number of aryl methyl sites for hydroxylation is 3. The molecule has 0 saturated heterocycles. The summed E-state index contributed by atoms with van der Waals surface area (Å²) in [4.78, 5) is 9.36. The third-order valence-corrected chi connectivity index (χ3v) is 3.63. The van der Waals surface area contributed by atoms with Gasteiger partial charge in [-0.15, -0.1) is 0 Å². The number of aromatic nitrogens is 3. The van der Waals surface area contributed by atoms with Gasteiger partial charge in [0.15, 0.2) is 5.65 Å². The average Bonchev–Trinajstić information content (AvgIpc) is 2.85. The largest absolute Gasteiger partial charge is 0.281 e. The molecule has 0 amide bonds. The highest BCUT2D eigenvalue weighted by atomic mass is 15.1. The molecule has 0 aliphatic carbocycles. The Bertz CT molecular complexity index is 739. The fourth-order valence-corrected chi connectivity index (χ4v) is 2.49. The van der Waals surface area contributed by atoms with Gasteiger partial charge in [-0.2, -0.15) is 0 Å². The normalized spacial score (nSPS) is 11.2. The highest BCUT2D eigenvalue weighted by molar-refractivity contribution is 5.74. The van der Waals surface area contributed by atoms with Crippen LogP contribution in [0.4, 0.5) is 0 Å². The van der Waals surface area contributed by atoms with Gasteiger partial charge in [0, 0.05) is 17.8 Å². The number of fused-ring (bicyclic) bond motifs is 1. The van der Waals surface area contributed by atoms with Crippen molar-refractivity contribution in [3.8, 4) is 5.69 Å². The van der Waals surface area contributed by atoms with E-state index in [4.69, 9.17) is 4.98 Å². The van der Waals surface area contributed by atoms with Crippen LogP contribution in [0.15, 0.2) is 36.4 Å². The molecular formula is C17H19N3. The molecule has 1 aromatic carbocycles. The SMILES string of the molecule is CCc1ccc(-n2c(CC)nc3ccc(C)nc32)cc1. The second-order valence-electron chi connectivity index (χ2n) is 5.03. The molecule has 0 aliphatic rings. The lowest BCUT2D eigenvalue weighted by atomic mass is 10.1. The van der Waals surface area contributed by atoms with E-state index in [0.29, 0.717) is 0 Å². The molecule has 0 atom stereocenters. The third-order valence-electron chi connectivity index (χ3n) is 3.63. The van der Waals surface area contributed by atoms with Gasteiger partial charge in [-0.1, -0.05) is 26.0 Å². The fourth-order valence-electron chi connectivity index (χ4n) is 2.49. The predicted octanol–water partition coefficient (Wildman–Crippen LogP) is 3.85. The Morgan fingerprint density at radius 2 is 1.65 bits per heavy atom. The molecule has 20 heavy (non-hydrogen) atoms. The number of rotatable bonds is 3. The molecule has 0 unspecified atom stereocenters. The first-order valence-corrected chi connectivity index (χ1v) is 7.17. The maximum atomic E-state index is 4.69. The van der Waals surface area contributed by atoms with E-state index in [9.17, 15) is 0 Å². The van der Waals surface area contributed by atoms with Crippen molar-refractivity contribution in [2.45, 2.75) is 33.6 Å². The van der Waals surface area contributed by atoms with Gasteiger partial charge in [0.05, 0.1) is 0 Å². The first-order chi connectivity index (χ1) is 9.72. The van der Waals surface area contributed by atoms with Gasteiger partial charge >= 0.3 is 0 Å². The molecule has 3 aromatic rings. The van der Waals surface area contributed by atoms with Crippen molar-refractivity contribution in [2.24, 2.45) is 0 Å². The smallest absolute Gasteiger partial charge is 0.164 e. The Morgan fingerprint density at radius 1 is 0.900 bits per heavy atom. The quantitative estimate of drug-likeness (QED) is 0.720. The number of hydrogen-bond acceptors (Lipinski definition) is 2. The molecule has 3 rings (SSSR count). The monoisotopic (exact) mass is 265 g/mol. The van der Waals surface area contributed by atoms with Gasteiger partial charge in [-0.05, 0) is 43.2 Å². The van der Waals surface area contributed by atoms with Crippen LogP contribution in [0.25, 0.3) is 16.9 Å². The molecular weight excluding hydrogens is 246 g/mol. The van der Waals surface area contributed by atoms with Crippen LogP contribution in [-0.2, 0) is 12.8 Å². The highest BCUT2D eigenvalue weighted by Crippen LogP contribution is 2.21. The molecule has 0 aliphatic heterocycles. The Morgan fingerprint density at radius 3 is 2.30 bits per heavy atom. The van der Waals surface area contributed by atoms with E-state index in [1.807, 2.05) is 19.1 Å². The Balaban J connectivity index is 2.24. The van der Waals surface area contributed by atoms with Crippen molar-refractivity contribution < 1.29 is 0 Å². The summed E-state index contributed by atoms with van der Waals surface area (Å²) in [6.45, 7) is 6.32. The van der Waals surface area contributed by atoms with Crippen molar-refractivity contribution in [3.63, 3.8) is 0 Å². The van der Waals surface area contributed by atoms with Crippen LogP contribution < -0.4 is 0 Å². The minimum Gasteiger partial charge on any atom is -0.281 e. The summed E-state index contributed by atoms with van der Waals surface area (Å²) in [5.74, 6) is 1.06. The highest BCUT2D eigenvalue weighted by Gasteiger charge is 2.12. The van der Waals surface area contributed by atoms with Gasteiger partial charge in [0.2, 0.25) is 0 Å². The zero-order valence-corrected chi connectivity index (χ0v) is 12.2. The van der Waals surface area contributed by atoms with Crippen LogP contribution in [0.2, 0.25) is 0 Å². The van der Waals surface area contributed by atoms with Crippen LogP contribution in [-0.4, -0.2) is 14.5 Å². The van der Waals surface area contributed by atoms with Gasteiger partial charge in [-0.25, -0.2) is 9.97 Å². The molecule has 0 fully saturated rings. The molecule has 0 N–H and O–H groups in total. The summed E-state index contributed by atoms with van der Waals surface area (Å²) < 4.78 is 2.17. The zero-order chi connectivity index (χ0) is 14.1. The predicted molar refractivity (Wildman–Crippen MR) is 82.4 cm³/mol. The van der Waals surface area contributed by atoms with Gasteiger partial charge in [0.25, 0.3) is 0 Å². The third kappa shape index (κ3) is 2.09. The molecule has 0 radical (unpaired) electrons. The summed E-state index contributed by atoms with van der Waals surface area (Å²) >= 11 is 0. The fraction of sp³-hybridized carbons (Fsp3) is 0.294. The molecule has 2 heterocycles. The minimum atomic E-state index is 0.894. The standard InChI is InChI=1S/C17H19N3/c1-4-13-7-9-14(10-8-13)20-16(5-2)19-15-11-6-12(3)18-17(15)20/h6-11H,4-5H2,1-3H3. The van der Waals surface area contributed by atoms with Crippen molar-refractivity contribution in [3.05, 3.63) is 53.5 Å². The van der Waals surface area contributed by atoms with E-state index in [1.54, 1.807) is 0 Å². The molecule has 2 aromatic heterocycles. The first-order valence-electron chi connectivity index (χ1n) is 7.17. The van der Waals surface area contributed by atoms with Crippen LogP contribution >= 0.6 is 0 Å². The summed E-state index contributed by atoms with van der Waals surface area (Å²) in [5, 5.41) is 0.